The van der Waals surface area contributed by atoms with Crippen molar-refractivity contribution in [1.29, 1.82) is 0 Å². The van der Waals surface area contributed by atoms with Crippen LogP contribution in [-0.2, 0) is 44.7 Å². The number of nitrogens with one attached hydrogen (secondary N) is 1. The van der Waals surface area contributed by atoms with Gasteiger partial charge < -0.3 is 29.0 Å². The lowest BCUT2D eigenvalue weighted by Gasteiger charge is -2.46. The summed E-state index contributed by atoms with van der Waals surface area (Å²) in [6, 6.07) is 8.43. The molecule has 2 aromatic rings. The maximum atomic E-state index is 13.1. The molecule has 1 saturated heterocycles. The van der Waals surface area contributed by atoms with Crippen molar-refractivity contribution < 1.29 is 38.1 Å². The van der Waals surface area contributed by atoms with Crippen LogP contribution in [0.3, 0.4) is 0 Å². The molecule has 3 rings (SSSR count). The molecule has 224 valence electrons. The van der Waals surface area contributed by atoms with Crippen LogP contribution in [0.5, 0.6) is 0 Å². The summed E-state index contributed by atoms with van der Waals surface area (Å²) in [5.41, 5.74) is -0.805. The molecule has 0 aliphatic carbocycles. The number of thiocarbonyl (C=S) groups is 1. The third kappa shape index (κ3) is 9.07. The molecule has 1 aliphatic rings. The van der Waals surface area contributed by atoms with E-state index in [9.17, 15) is 14.4 Å². The lowest BCUT2D eigenvalue weighted by molar-refractivity contribution is -0.278. The number of amides is 1. The lowest BCUT2D eigenvalue weighted by Crippen LogP contribution is -2.67. The fourth-order valence-corrected chi connectivity index (χ4v) is 4.04. The van der Waals surface area contributed by atoms with Crippen molar-refractivity contribution in [1.82, 2.24) is 14.9 Å². The molecule has 2 heterocycles. The van der Waals surface area contributed by atoms with Gasteiger partial charge in [0.1, 0.15) is 25.1 Å². The number of esters is 2. The molecule has 41 heavy (non-hydrogen) atoms. The number of imidazole rings is 1. The third-order valence-corrected chi connectivity index (χ3v) is 6.38. The van der Waals surface area contributed by atoms with Gasteiger partial charge in [-0.2, -0.15) is 0 Å². The SMILES string of the molecule is CC(=O)N[C@H]1[C@@H](OCc2ccccc2)O[C@H](COC(=O)C(C)(C)C)[C@H](OC(=O)C(C)(C)C)[C@@H]1OC(=S)n1ccnc1. The third-order valence-electron chi connectivity index (χ3n) is 6.07. The molecular formula is C29H39N3O8S. The van der Waals surface area contributed by atoms with Crippen LogP contribution in [-0.4, -0.2) is 69.8 Å². The zero-order chi connectivity index (χ0) is 30.4. The molecule has 12 heteroatoms. The predicted molar refractivity (Wildman–Crippen MR) is 152 cm³/mol. The van der Waals surface area contributed by atoms with Gasteiger partial charge in [0, 0.05) is 19.3 Å². The predicted octanol–water partition coefficient (Wildman–Crippen LogP) is 3.39. The summed E-state index contributed by atoms with van der Waals surface area (Å²) in [7, 11) is 0. The number of nitrogens with zero attached hydrogens (tertiary/aromatic N) is 2. The second-order valence-corrected chi connectivity index (χ2v) is 12.2. The maximum absolute atomic E-state index is 13.1. The van der Waals surface area contributed by atoms with Gasteiger partial charge >= 0.3 is 11.9 Å². The molecule has 1 aromatic carbocycles. The second kappa shape index (κ2) is 13.5. The standard InChI is InChI=1S/C29H39N3O8S/c1-18(33)31-21-23(40-27(41)32-14-13-30-17-32)22(39-26(35)29(5,6)7)20(16-37-25(34)28(2,3)4)38-24(21)36-15-19-11-9-8-10-12-19/h8-14,17,20-24H,15-16H2,1-7H3,(H,31,33)/t20-,21-,22+,23-,24+/m1/s1. The Morgan fingerprint density at radius 1 is 1.00 bits per heavy atom. The first-order valence-corrected chi connectivity index (χ1v) is 13.7. The summed E-state index contributed by atoms with van der Waals surface area (Å²) in [6.07, 6.45) is 0.237. The van der Waals surface area contributed by atoms with Crippen molar-refractivity contribution in [2.45, 2.75) is 85.7 Å². The highest BCUT2D eigenvalue weighted by Gasteiger charge is 2.52. The minimum atomic E-state index is -1.15. The van der Waals surface area contributed by atoms with E-state index in [4.69, 9.17) is 35.9 Å². The summed E-state index contributed by atoms with van der Waals surface area (Å²) in [5.74, 6) is -1.42. The van der Waals surface area contributed by atoms with E-state index in [1.54, 1.807) is 47.7 Å². The Kier molecular flexibility index (Phi) is 10.6. The first kappa shape index (κ1) is 32.2. The van der Waals surface area contributed by atoms with Gasteiger partial charge in [0.05, 0.1) is 17.4 Å². The molecule has 0 unspecified atom stereocenters. The molecule has 0 saturated carbocycles. The van der Waals surface area contributed by atoms with Gasteiger partial charge in [0.2, 0.25) is 5.91 Å². The summed E-state index contributed by atoms with van der Waals surface area (Å²) >= 11 is 5.52. The van der Waals surface area contributed by atoms with Gasteiger partial charge in [0.15, 0.2) is 18.5 Å². The molecule has 1 amide bonds. The van der Waals surface area contributed by atoms with Crippen molar-refractivity contribution in [2.75, 3.05) is 6.61 Å². The van der Waals surface area contributed by atoms with Gasteiger partial charge in [-0.15, -0.1) is 0 Å². The Balaban J connectivity index is 2.02. The average Bonchev–Trinajstić information content (AvgIpc) is 3.43. The molecule has 11 nitrogen and oxygen atoms in total. The van der Waals surface area contributed by atoms with Crippen LogP contribution < -0.4 is 5.32 Å². The van der Waals surface area contributed by atoms with E-state index in [0.717, 1.165) is 5.56 Å². The van der Waals surface area contributed by atoms with Crippen LogP contribution in [0.4, 0.5) is 0 Å². The van der Waals surface area contributed by atoms with Gasteiger partial charge in [-0.05, 0) is 59.3 Å². The van der Waals surface area contributed by atoms with Crippen molar-refractivity contribution in [3.8, 4) is 0 Å². The van der Waals surface area contributed by atoms with Crippen LogP contribution in [0, 0.1) is 10.8 Å². The summed E-state index contributed by atoms with van der Waals surface area (Å²) < 4.78 is 31.7. The second-order valence-electron chi connectivity index (χ2n) is 11.9. The average molecular weight is 590 g/mol. The van der Waals surface area contributed by atoms with E-state index in [1.165, 1.54) is 24.0 Å². The van der Waals surface area contributed by atoms with E-state index in [0.29, 0.717) is 0 Å². The Morgan fingerprint density at radius 2 is 1.66 bits per heavy atom. The van der Waals surface area contributed by atoms with Crippen molar-refractivity contribution in [3.63, 3.8) is 0 Å². The normalized spacial score (nSPS) is 22.9. The largest absolute Gasteiger partial charge is 0.462 e. The topological polar surface area (TPSA) is 127 Å². The summed E-state index contributed by atoms with van der Waals surface area (Å²) in [5, 5.41) is 2.82. The number of hydrogen-bond acceptors (Lipinski definition) is 10. The number of carbonyl (C=O) groups excluding carboxylic acids is 3. The van der Waals surface area contributed by atoms with Gasteiger partial charge in [-0.1, -0.05) is 30.3 Å². The monoisotopic (exact) mass is 589 g/mol. The lowest BCUT2D eigenvalue weighted by atomic mass is 9.93. The Bertz CT molecular complexity index is 1190. The highest BCUT2D eigenvalue weighted by molar-refractivity contribution is 7.80. The van der Waals surface area contributed by atoms with Crippen LogP contribution in [0.15, 0.2) is 49.1 Å². The highest BCUT2D eigenvalue weighted by Crippen LogP contribution is 2.31. The molecule has 0 bridgehead atoms. The van der Waals surface area contributed by atoms with Crippen LogP contribution in [0.25, 0.3) is 0 Å². The van der Waals surface area contributed by atoms with E-state index < -0.39 is 59.3 Å². The Morgan fingerprint density at radius 3 is 2.22 bits per heavy atom. The molecule has 0 spiro atoms. The van der Waals surface area contributed by atoms with E-state index in [-0.39, 0.29) is 18.4 Å². The molecule has 1 aromatic heterocycles. The van der Waals surface area contributed by atoms with Gasteiger partial charge in [-0.25, -0.2) is 4.98 Å². The Hall–Kier alpha value is -3.35. The quantitative estimate of drug-likeness (QED) is 0.362. The van der Waals surface area contributed by atoms with Crippen LogP contribution in [0.2, 0.25) is 0 Å². The Labute approximate surface area is 245 Å². The van der Waals surface area contributed by atoms with Crippen molar-refractivity contribution >= 4 is 35.2 Å². The van der Waals surface area contributed by atoms with Gasteiger partial charge in [-0.3, -0.25) is 19.0 Å². The number of aromatic nitrogens is 2. The van der Waals surface area contributed by atoms with Crippen molar-refractivity contribution in [3.05, 3.63) is 54.6 Å². The van der Waals surface area contributed by atoms with E-state index >= 15 is 0 Å². The first-order valence-electron chi connectivity index (χ1n) is 13.3. The fourth-order valence-electron chi connectivity index (χ4n) is 3.82. The smallest absolute Gasteiger partial charge is 0.311 e. The molecule has 5 atom stereocenters. The number of benzene rings is 1. The zero-order valence-corrected chi connectivity index (χ0v) is 25.3. The first-order chi connectivity index (χ1) is 19.2. The van der Waals surface area contributed by atoms with E-state index in [1.807, 2.05) is 30.3 Å². The zero-order valence-electron chi connectivity index (χ0n) is 24.5. The summed E-state index contributed by atoms with van der Waals surface area (Å²) in [4.78, 5) is 42.2. The molecular weight excluding hydrogens is 550 g/mol. The van der Waals surface area contributed by atoms with Gasteiger partial charge in [0.25, 0.3) is 5.17 Å². The minimum absolute atomic E-state index is 0.00574. The van der Waals surface area contributed by atoms with Crippen LogP contribution >= 0.6 is 12.2 Å². The number of ether oxygens (including phenoxy) is 5. The fraction of sp³-hybridized carbons (Fsp3) is 0.552. The van der Waals surface area contributed by atoms with Crippen molar-refractivity contribution in [2.24, 2.45) is 10.8 Å². The molecule has 1 N–H and O–H groups in total. The molecule has 0 radical (unpaired) electrons. The maximum Gasteiger partial charge on any atom is 0.311 e. The minimum Gasteiger partial charge on any atom is -0.462 e. The number of rotatable bonds is 8. The molecule has 1 aliphatic heterocycles. The number of hydrogen-bond donors (Lipinski definition) is 1. The van der Waals surface area contributed by atoms with E-state index in [2.05, 4.69) is 10.3 Å². The number of carbonyl (C=O) groups is 3. The van der Waals surface area contributed by atoms with Crippen LogP contribution in [0.1, 0.15) is 54.0 Å². The molecule has 1 fully saturated rings. The summed E-state index contributed by atoms with van der Waals surface area (Å²) in [6.45, 7) is 11.5. The highest BCUT2D eigenvalue weighted by atomic mass is 32.1.